The molecule has 0 bridgehead atoms. The lowest BCUT2D eigenvalue weighted by atomic mass is 9.80. The van der Waals surface area contributed by atoms with Crippen molar-refractivity contribution in [3.8, 4) is 0 Å². The van der Waals surface area contributed by atoms with Crippen molar-refractivity contribution in [1.29, 1.82) is 0 Å². The molecule has 4 heteroatoms. The van der Waals surface area contributed by atoms with E-state index in [1.165, 1.54) is 19.3 Å². The van der Waals surface area contributed by atoms with Gasteiger partial charge in [0.15, 0.2) is 0 Å². The highest BCUT2D eigenvalue weighted by Gasteiger charge is 2.53. The minimum absolute atomic E-state index is 0.106. The van der Waals surface area contributed by atoms with Gasteiger partial charge in [0.25, 0.3) is 0 Å². The Hall–Kier alpha value is -0.900. The van der Waals surface area contributed by atoms with Crippen molar-refractivity contribution in [2.45, 2.75) is 25.7 Å². The molecule has 2 saturated carbocycles. The largest absolute Gasteiger partial charge is 0.396 e. The Morgan fingerprint density at radius 3 is 2.80 bits per heavy atom. The van der Waals surface area contributed by atoms with Gasteiger partial charge >= 0.3 is 0 Å². The first kappa shape index (κ1) is 9.33. The van der Waals surface area contributed by atoms with E-state index in [0.717, 1.165) is 24.1 Å². The van der Waals surface area contributed by atoms with Crippen molar-refractivity contribution in [2.75, 3.05) is 6.61 Å². The standard InChI is InChI=1S/C11H17N3O/c1-14-10(12-7-13-14)5-11(6-15)3-8-2-9(8)4-11/h7-9,15H,2-6H2,1H3. The average Bonchev–Trinajstić information content (AvgIpc) is 2.66. The molecule has 4 nitrogen and oxygen atoms in total. The zero-order valence-corrected chi connectivity index (χ0v) is 9.06. The molecule has 15 heavy (non-hydrogen) atoms. The number of aryl methyl sites for hydroxylation is 1. The molecule has 2 aliphatic rings. The first-order valence-corrected chi connectivity index (χ1v) is 5.66. The van der Waals surface area contributed by atoms with Crippen LogP contribution in [0.5, 0.6) is 0 Å². The van der Waals surface area contributed by atoms with Gasteiger partial charge < -0.3 is 5.11 Å². The Morgan fingerprint density at radius 1 is 1.53 bits per heavy atom. The summed E-state index contributed by atoms with van der Waals surface area (Å²) < 4.78 is 1.82. The molecule has 1 heterocycles. The number of hydrogen-bond donors (Lipinski definition) is 1. The molecule has 2 aliphatic carbocycles. The number of fused-ring (bicyclic) bond motifs is 1. The summed E-state index contributed by atoms with van der Waals surface area (Å²) in [6.45, 7) is 0.298. The fourth-order valence-electron chi connectivity index (χ4n) is 3.15. The number of aromatic nitrogens is 3. The number of hydrogen-bond acceptors (Lipinski definition) is 3. The van der Waals surface area contributed by atoms with Crippen molar-refractivity contribution in [2.24, 2.45) is 24.3 Å². The lowest BCUT2D eigenvalue weighted by Crippen LogP contribution is -2.27. The molecule has 3 rings (SSSR count). The van der Waals surface area contributed by atoms with Gasteiger partial charge in [-0.1, -0.05) is 0 Å². The van der Waals surface area contributed by atoms with Crippen LogP contribution in [0.1, 0.15) is 25.1 Å². The van der Waals surface area contributed by atoms with Crippen molar-refractivity contribution < 1.29 is 5.11 Å². The SMILES string of the molecule is Cn1ncnc1CC1(CO)CC2CC2C1. The van der Waals surface area contributed by atoms with Gasteiger partial charge in [0.2, 0.25) is 0 Å². The van der Waals surface area contributed by atoms with E-state index >= 15 is 0 Å². The van der Waals surface area contributed by atoms with E-state index in [4.69, 9.17) is 0 Å². The van der Waals surface area contributed by atoms with Crippen LogP contribution in [-0.2, 0) is 13.5 Å². The van der Waals surface area contributed by atoms with E-state index < -0.39 is 0 Å². The van der Waals surface area contributed by atoms with Gasteiger partial charge in [0.05, 0.1) is 0 Å². The van der Waals surface area contributed by atoms with E-state index in [-0.39, 0.29) is 5.41 Å². The number of nitrogens with zero attached hydrogens (tertiary/aromatic N) is 3. The predicted octanol–water partition coefficient (Wildman–Crippen LogP) is 0.766. The Bertz CT molecular complexity index is 364. The van der Waals surface area contributed by atoms with Crippen molar-refractivity contribution in [1.82, 2.24) is 14.8 Å². The summed E-state index contributed by atoms with van der Waals surface area (Å²) in [6.07, 6.45) is 6.23. The maximum atomic E-state index is 9.59. The predicted molar refractivity (Wildman–Crippen MR) is 55.1 cm³/mol. The smallest absolute Gasteiger partial charge is 0.138 e. The minimum Gasteiger partial charge on any atom is -0.396 e. The maximum absolute atomic E-state index is 9.59. The van der Waals surface area contributed by atoms with Gasteiger partial charge in [-0.2, -0.15) is 5.10 Å². The highest BCUT2D eigenvalue weighted by atomic mass is 16.3. The number of aliphatic hydroxyl groups is 1. The molecular weight excluding hydrogens is 190 g/mol. The Morgan fingerprint density at radius 2 is 2.27 bits per heavy atom. The Kier molecular flexibility index (Phi) is 1.89. The van der Waals surface area contributed by atoms with Crippen LogP contribution in [0.15, 0.2) is 6.33 Å². The van der Waals surface area contributed by atoms with Gasteiger partial charge in [-0.3, -0.25) is 4.68 Å². The monoisotopic (exact) mass is 207 g/mol. The van der Waals surface area contributed by atoms with Crippen LogP contribution in [0.2, 0.25) is 0 Å². The third-order valence-corrected chi connectivity index (χ3v) is 4.13. The molecule has 0 aliphatic heterocycles. The maximum Gasteiger partial charge on any atom is 0.138 e. The third kappa shape index (κ3) is 1.47. The zero-order chi connectivity index (χ0) is 10.5. The summed E-state index contributed by atoms with van der Waals surface area (Å²) in [4.78, 5) is 4.25. The van der Waals surface area contributed by atoms with E-state index in [1.807, 2.05) is 11.7 Å². The summed E-state index contributed by atoms with van der Waals surface area (Å²) in [5.41, 5.74) is 0.106. The molecule has 0 spiro atoms. The van der Waals surface area contributed by atoms with Crippen LogP contribution < -0.4 is 0 Å². The van der Waals surface area contributed by atoms with Crippen molar-refractivity contribution in [3.63, 3.8) is 0 Å². The normalized spacial score (nSPS) is 38.0. The average molecular weight is 207 g/mol. The fourth-order valence-corrected chi connectivity index (χ4v) is 3.15. The van der Waals surface area contributed by atoms with Crippen molar-refractivity contribution >= 4 is 0 Å². The molecule has 0 saturated heterocycles. The topological polar surface area (TPSA) is 50.9 Å². The molecule has 0 radical (unpaired) electrons. The molecule has 1 aromatic heterocycles. The molecule has 1 aromatic rings. The summed E-state index contributed by atoms with van der Waals surface area (Å²) in [6, 6.07) is 0. The lowest BCUT2D eigenvalue weighted by Gasteiger charge is -2.27. The summed E-state index contributed by atoms with van der Waals surface area (Å²) in [5, 5.41) is 13.7. The number of aliphatic hydroxyl groups excluding tert-OH is 1. The first-order chi connectivity index (χ1) is 7.22. The van der Waals surface area contributed by atoms with Crippen molar-refractivity contribution in [3.05, 3.63) is 12.2 Å². The van der Waals surface area contributed by atoms with E-state index in [2.05, 4.69) is 10.1 Å². The Labute approximate surface area is 89.3 Å². The van der Waals surface area contributed by atoms with Crippen LogP contribution in [0.4, 0.5) is 0 Å². The quantitative estimate of drug-likeness (QED) is 0.796. The van der Waals surface area contributed by atoms with E-state index in [1.54, 1.807) is 6.33 Å². The van der Waals surface area contributed by atoms with E-state index in [0.29, 0.717) is 6.61 Å². The van der Waals surface area contributed by atoms with Gasteiger partial charge in [-0.05, 0) is 31.1 Å². The molecule has 82 valence electrons. The van der Waals surface area contributed by atoms with Crippen LogP contribution in [0.3, 0.4) is 0 Å². The second-order valence-electron chi connectivity index (χ2n) is 5.30. The third-order valence-electron chi connectivity index (χ3n) is 4.13. The Balaban J connectivity index is 1.78. The van der Waals surface area contributed by atoms with Gasteiger partial charge in [0, 0.05) is 25.5 Å². The molecule has 2 unspecified atom stereocenters. The molecule has 2 atom stereocenters. The van der Waals surface area contributed by atoms with Crippen LogP contribution in [-0.4, -0.2) is 26.5 Å². The number of rotatable bonds is 3. The van der Waals surface area contributed by atoms with Gasteiger partial charge in [-0.15, -0.1) is 0 Å². The second kappa shape index (κ2) is 3.04. The van der Waals surface area contributed by atoms with E-state index in [9.17, 15) is 5.11 Å². The zero-order valence-electron chi connectivity index (χ0n) is 9.06. The summed E-state index contributed by atoms with van der Waals surface area (Å²) >= 11 is 0. The molecule has 1 N–H and O–H groups in total. The highest BCUT2D eigenvalue weighted by molar-refractivity contribution is 5.06. The summed E-state index contributed by atoms with van der Waals surface area (Å²) in [5.74, 6) is 2.79. The summed E-state index contributed by atoms with van der Waals surface area (Å²) in [7, 11) is 1.92. The molecule has 0 aromatic carbocycles. The molecule has 0 amide bonds. The van der Waals surface area contributed by atoms with Crippen LogP contribution in [0, 0.1) is 17.3 Å². The van der Waals surface area contributed by atoms with Gasteiger partial charge in [0.1, 0.15) is 12.2 Å². The van der Waals surface area contributed by atoms with Crippen LogP contribution in [0.25, 0.3) is 0 Å². The van der Waals surface area contributed by atoms with Gasteiger partial charge in [-0.25, -0.2) is 4.98 Å². The highest BCUT2D eigenvalue weighted by Crippen LogP contribution is 2.60. The lowest BCUT2D eigenvalue weighted by molar-refractivity contribution is 0.114. The molecule has 2 fully saturated rings. The molecular formula is C11H17N3O. The minimum atomic E-state index is 0.106. The second-order valence-corrected chi connectivity index (χ2v) is 5.30. The van der Waals surface area contributed by atoms with Crippen LogP contribution >= 0.6 is 0 Å². The first-order valence-electron chi connectivity index (χ1n) is 5.66. The fraction of sp³-hybridized carbons (Fsp3) is 0.818.